The highest BCUT2D eigenvalue weighted by Gasteiger charge is 2.14. The Balaban J connectivity index is 1.69. The molecule has 0 spiro atoms. The maximum absolute atomic E-state index is 12.1. The monoisotopic (exact) mass is 334 g/mol. The molecule has 1 aromatic carbocycles. The molecule has 2 heterocycles. The lowest BCUT2D eigenvalue weighted by Gasteiger charge is -2.10. The van der Waals surface area contributed by atoms with Crippen molar-refractivity contribution in [1.29, 1.82) is 0 Å². The lowest BCUT2D eigenvalue weighted by Crippen LogP contribution is -2.14. The predicted molar refractivity (Wildman–Crippen MR) is 89.7 cm³/mol. The van der Waals surface area contributed by atoms with Gasteiger partial charge >= 0.3 is 0 Å². The fourth-order valence-corrected chi connectivity index (χ4v) is 3.55. The van der Waals surface area contributed by atoms with Gasteiger partial charge in [0.2, 0.25) is 11.8 Å². The highest BCUT2D eigenvalue weighted by Crippen LogP contribution is 2.26. The van der Waals surface area contributed by atoms with Crippen LogP contribution in [0.4, 0.5) is 11.4 Å². The summed E-state index contributed by atoms with van der Waals surface area (Å²) in [6.45, 7) is 0. The van der Waals surface area contributed by atoms with Crippen LogP contribution >= 0.6 is 22.9 Å². The van der Waals surface area contributed by atoms with Gasteiger partial charge in [-0.25, -0.2) is 0 Å². The number of aryl methyl sites for hydroxylation is 1. The molecule has 1 aliphatic rings. The van der Waals surface area contributed by atoms with E-state index in [0.717, 1.165) is 34.7 Å². The average molecular weight is 335 g/mol. The van der Waals surface area contributed by atoms with Crippen LogP contribution in [0.1, 0.15) is 23.3 Å². The van der Waals surface area contributed by atoms with E-state index >= 15 is 0 Å². The first-order valence-corrected chi connectivity index (χ1v) is 8.26. The number of nitrogens with one attached hydrogen (secondary N) is 2. The number of carbonyl (C=O) groups is 2. The molecule has 2 aromatic rings. The van der Waals surface area contributed by atoms with Gasteiger partial charge in [-0.2, -0.15) is 0 Å². The standard InChI is InChI=1S/C16H15ClN2O2S/c17-14-7-5-12(22-14)9-16(21)18-11-4-6-13-10(8-11)2-1-3-15(20)19-13/h4-8H,1-3,9H2,(H,18,21)(H,19,20). The first-order valence-electron chi connectivity index (χ1n) is 7.07. The number of thiophene rings is 1. The van der Waals surface area contributed by atoms with Crippen LogP contribution in [0.3, 0.4) is 0 Å². The van der Waals surface area contributed by atoms with Crippen LogP contribution in [0.5, 0.6) is 0 Å². The van der Waals surface area contributed by atoms with E-state index in [0.29, 0.717) is 17.2 Å². The number of halogens is 1. The minimum atomic E-state index is -0.0730. The topological polar surface area (TPSA) is 58.2 Å². The molecule has 1 aromatic heterocycles. The van der Waals surface area contributed by atoms with Crippen LogP contribution < -0.4 is 10.6 Å². The number of hydrogen-bond donors (Lipinski definition) is 2. The highest BCUT2D eigenvalue weighted by atomic mass is 35.5. The van der Waals surface area contributed by atoms with E-state index in [1.807, 2.05) is 24.3 Å². The van der Waals surface area contributed by atoms with E-state index in [2.05, 4.69) is 10.6 Å². The van der Waals surface area contributed by atoms with Crippen LogP contribution in [-0.2, 0) is 22.4 Å². The number of rotatable bonds is 3. The Morgan fingerprint density at radius 3 is 2.91 bits per heavy atom. The van der Waals surface area contributed by atoms with E-state index < -0.39 is 0 Å². The van der Waals surface area contributed by atoms with E-state index in [1.54, 1.807) is 6.07 Å². The van der Waals surface area contributed by atoms with Crippen LogP contribution in [0, 0.1) is 0 Å². The summed E-state index contributed by atoms with van der Waals surface area (Å²) in [4.78, 5) is 24.5. The molecule has 0 bridgehead atoms. The molecule has 2 N–H and O–H groups in total. The zero-order valence-corrected chi connectivity index (χ0v) is 13.4. The van der Waals surface area contributed by atoms with Crippen molar-refractivity contribution < 1.29 is 9.59 Å². The third kappa shape index (κ3) is 3.67. The Kier molecular flexibility index (Phi) is 4.45. The third-order valence-corrected chi connectivity index (χ3v) is 4.71. The van der Waals surface area contributed by atoms with Gasteiger partial charge in [-0.05, 0) is 48.7 Å². The first kappa shape index (κ1) is 15.1. The van der Waals surface area contributed by atoms with Gasteiger partial charge in [0.1, 0.15) is 0 Å². The normalized spacial score (nSPS) is 14.0. The summed E-state index contributed by atoms with van der Waals surface area (Å²) in [6, 6.07) is 9.24. The van der Waals surface area contributed by atoms with Crippen LogP contribution in [0.2, 0.25) is 4.34 Å². The summed E-state index contributed by atoms with van der Waals surface area (Å²) in [7, 11) is 0. The predicted octanol–water partition coefficient (Wildman–Crippen LogP) is 3.86. The van der Waals surface area contributed by atoms with Crippen molar-refractivity contribution in [2.45, 2.75) is 25.7 Å². The second kappa shape index (κ2) is 6.50. The number of fused-ring (bicyclic) bond motifs is 1. The van der Waals surface area contributed by atoms with E-state index in [4.69, 9.17) is 11.6 Å². The lowest BCUT2D eigenvalue weighted by molar-refractivity contribution is -0.116. The molecule has 1 aliphatic heterocycles. The van der Waals surface area contributed by atoms with Gasteiger partial charge in [0.15, 0.2) is 0 Å². The zero-order chi connectivity index (χ0) is 15.5. The maximum atomic E-state index is 12.1. The van der Waals surface area contributed by atoms with E-state index in [1.165, 1.54) is 11.3 Å². The van der Waals surface area contributed by atoms with Gasteiger partial charge in [-0.3, -0.25) is 9.59 Å². The number of amides is 2. The van der Waals surface area contributed by atoms with E-state index in [-0.39, 0.29) is 11.8 Å². The Hall–Kier alpha value is -1.85. The van der Waals surface area contributed by atoms with Gasteiger partial charge in [-0.1, -0.05) is 11.6 Å². The molecule has 0 aliphatic carbocycles. The van der Waals surface area contributed by atoms with Crippen LogP contribution in [0.15, 0.2) is 30.3 Å². The van der Waals surface area contributed by atoms with Crippen molar-refractivity contribution in [2.75, 3.05) is 10.6 Å². The molecular formula is C16H15ClN2O2S. The fraction of sp³-hybridized carbons (Fsp3) is 0.250. The molecule has 0 radical (unpaired) electrons. The summed E-state index contributed by atoms with van der Waals surface area (Å²) in [5.74, 6) is -0.0266. The van der Waals surface area contributed by atoms with E-state index in [9.17, 15) is 9.59 Å². The second-order valence-corrected chi connectivity index (χ2v) is 7.00. The van der Waals surface area contributed by atoms with Crippen molar-refractivity contribution in [1.82, 2.24) is 0 Å². The molecule has 114 valence electrons. The first-order chi connectivity index (χ1) is 10.6. The highest BCUT2D eigenvalue weighted by molar-refractivity contribution is 7.16. The molecule has 6 heteroatoms. The summed E-state index contributed by atoms with van der Waals surface area (Å²) in [5, 5.41) is 5.77. The Bertz CT molecular complexity index is 727. The van der Waals surface area contributed by atoms with Crippen molar-refractivity contribution in [2.24, 2.45) is 0 Å². The molecule has 0 atom stereocenters. The minimum absolute atomic E-state index is 0.0464. The van der Waals surface area contributed by atoms with Crippen molar-refractivity contribution in [3.8, 4) is 0 Å². The zero-order valence-electron chi connectivity index (χ0n) is 11.8. The van der Waals surface area contributed by atoms with Crippen molar-refractivity contribution in [3.63, 3.8) is 0 Å². The Morgan fingerprint density at radius 1 is 1.27 bits per heavy atom. The fourth-order valence-electron chi connectivity index (χ4n) is 2.46. The quantitative estimate of drug-likeness (QED) is 0.895. The molecule has 3 rings (SSSR count). The Morgan fingerprint density at radius 2 is 2.14 bits per heavy atom. The van der Waals surface area contributed by atoms with Gasteiger partial charge < -0.3 is 10.6 Å². The SMILES string of the molecule is O=C(Cc1ccc(Cl)s1)Nc1ccc2c(c1)CCCC(=O)N2. The molecule has 0 fully saturated rings. The Labute approximate surface area is 137 Å². The van der Waals surface area contributed by atoms with Gasteiger partial charge in [0, 0.05) is 22.7 Å². The smallest absolute Gasteiger partial charge is 0.229 e. The molecular weight excluding hydrogens is 320 g/mol. The summed E-state index contributed by atoms with van der Waals surface area (Å²) in [6.07, 6.45) is 2.50. The second-order valence-electron chi connectivity index (χ2n) is 5.20. The van der Waals surface area contributed by atoms with Crippen molar-refractivity contribution in [3.05, 3.63) is 45.1 Å². The number of hydrogen-bond acceptors (Lipinski definition) is 3. The van der Waals surface area contributed by atoms with Gasteiger partial charge in [0.05, 0.1) is 10.8 Å². The number of carbonyl (C=O) groups excluding carboxylic acids is 2. The summed E-state index contributed by atoms with van der Waals surface area (Å²) >= 11 is 7.27. The summed E-state index contributed by atoms with van der Waals surface area (Å²) in [5.41, 5.74) is 2.65. The summed E-state index contributed by atoms with van der Waals surface area (Å²) < 4.78 is 0.684. The van der Waals surface area contributed by atoms with Crippen LogP contribution in [0.25, 0.3) is 0 Å². The van der Waals surface area contributed by atoms with Gasteiger partial charge in [0.25, 0.3) is 0 Å². The molecule has 4 nitrogen and oxygen atoms in total. The molecule has 2 amide bonds. The van der Waals surface area contributed by atoms with Gasteiger partial charge in [-0.15, -0.1) is 11.3 Å². The van der Waals surface area contributed by atoms with Crippen molar-refractivity contribution >= 4 is 46.1 Å². The molecule has 0 unspecified atom stereocenters. The number of benzene rings is 1. The molecule has 22 heavy (non-hydrogen) atoms. The largest absolute Gasteiger partial charge is 0.326 e. The minimum Gasteiger partial charge on any atom is -0.326 e. The van der Waals surface area contributed by atoms with Crippen LogP contribution in [-0.4, -0.2) is 11.8 Å². The number of anilines is 2. The maximum Gasteiger partial charge on any atom is 0.229 e. The molecule has 0 saturated heterocycles. The molecule has 0 saturated carbocycles. The average Bonchev–Trinajstić information content (AvgIpc) is 2.77. The third-order valence-electron chi connectivity index (χ3n) is 3.48. The lowest BCUT2D eigenvalue weighted by atomic mass is 10.1.